The standard InChI is InChI=1S/C15H23N3O3S/c1-3-21-14(19)12-11(2)16-15(20)17-13(12)22-10-9-18-7-5-4-6-8-18/h3-10H2,1-2H3,(H,16,17,20). The summed E-state index contributed by atoms with van der Waals surface area (Å²) < 4.78 is 5.06. The van der Waals surface area contributed by atoms with Gasteiger partial charge in [0, 0.05) is 18.0 Å². The van der Waals surface area contributed by atoms with Crippen LogP contribution in [0, 0.1) is 6.92 Å². The van der Waals surface area contributed by atoms with Gasteiger partial charge in [0.1, 0.15) is 10.6 Å². The summed E-state index contributed by atoms with van der Waals surface area (Å²) in [5.41, 5.74) is 0.468. The van der Waals surface area contributed by atoms with Crippen LogP contribution < -0.4 is 5.69 Å². The van der Waals surface area contributed by atoms with Crippen LogP contribution in [0.25, 0.3) is 0 Å². The predicted molar refractivity (Wildman–Crippen MR) is 86.6 cm³/mol. The van der Waals surface area contributed by atoms with E-state index in [0.29, 0.717) is 22.9 Å². The van der Waals surface area contributed by atoms with Crippen molar-refractivity contribution >= 4 is 17.7 Å². The van der Waals surface area contributed by atoms with Crippen LogP contribution in [0.2, 0.25) is 0 Å². The monoisotopic (exact) mass is 325 g/mol. The van der Waals surface area contributed by atoms with Crippen molar-refractivity contribution < 1.29 is 9.53 Å². The third-order valence-electron chi connectivity index (χ3n) is 3.66. The number of nitrogens with zero attached hydrogens (tertiary/aromatic N) is 2. The van der Waals surface area contributed by atoms with Crippen LogP contribution in [0.4, 0.5) is 0 Å². The number of esters is 1. The second-order valence-electron chi connectivity index (χ2n) is 5.32. The van der Waals surface area contributed by atoms with Gasteiger partial charge in [-0.1, -0.05) is 6.42 Å². The Labute approximate surface area is 134 Å². The lowest BCUT2D eigenvalue weighted by Gasteiger charge is -2.26. The number of hydrogen-bond acceptors (Lipinski definition) is 6. The molecule has 0 aliphatic carbocycles. The minimum absolute atomic E-state index is 0.301. The molecule has 0 aromatic carbocycles. The molecule has 1 N–H and O–H groups in total. The third kappa shape index (κ3) is 4.58. The molecule has 1 aromatic rings. The van der Waals surface area contributed by atoms with Crippen molar-refractivity contribution in [2.24, 2.45) is 0 Å². The molecule has 0 bridgehead atoms. The molecule has 1 aliphatic rings. The summed E-state index contributed by atoms with van der Waals surface area (Å²) in [5.74, 6) is 0.381. The van der Waals surface area contributed by atoms with Gasteiger partial charge < -0.3 is 14.6 Å². The van der Waals surface area contributed by atoms with E-state index >= 15 is 0 Å². The lowest BCUT2D eigenvalue weighted by atomic mass is 10.1. The number of carbonyl (C=O) groups excluding carboxylic acids is 1. The molecule has 1 aliphatic heterocycles. The Hall–Kier alpha value is -1.34. The molecular weight excluding hydrogens is 302 g/mol. The Morgan fingerprint density at radius 3 is 2.77 bits per heavy atom. The first-order valence-electron chi connectivity index (χ1n) is 7.75. The number of carbonyl (C=O) groups is 1. The molecule has 0 saturated carbocycles. The highest BCUT2D eigenvalue weighted by molar-refractivity contribution is 7.99. The van der Waals surface area contributed by atoms with Gasteiger partial charge in [-0.15, -0.1) is 11.8 Å². The minimum atomic E-state index is -0.427. The number of ether oxygens (including phenoxy) is 1. The molecule has 0 amide bonds. The first kappa shape index (κ1) is 17.0. The van der Waals surface area contributed by atoms with E-state index < -0.39 is 11.7 Å². The maximum atomic E-state index is 12.1. The van der Waals surface area contributed by atoms with Gasteiger partial charge >= 0.3 is 11.7 Å². The molecule has 2 heterocycles. The summed E-state index contributed by atoms with van der Waals surface area (Å²) in [5, 5.41) is 0.469. The number of piperidine rings is 1. The molecule has 1 saturated heterocycles. The summed E-state index contributed by atoms with van der Waals surface area (Å²) in [7, 11) is 0. The minimum Gasteiger partial charge on any atom is -0.462 e. The Morgan fingerprint density at radius 2 is 2.09 bits per heavy atom. The quantitative estimate of drug-likeness (QED) is 0.488. The van der Waals surface area contributed by atoms with Gasteiger partial charge in [0.25, 0.3) is 0 Å². The zero-order valence-corrected chi connectivity index (χ0v) is 14.0. The van der Waals surface area contributed by atoms with Crippen molar-refractivity contribution in [3.63, 3.8) is 0 Å². The number of rotatable bonds is 6. The molecule has 0 radical (unpaired) electrons. The van der Waals surface area contributed by atoms with Gasteiger partial charge in [-0.05, 0) is 39.8 Å². The zero-order valence-electron chi connectivity index (χ0n) is 13.2. The van der Waals surface area contributed by atoms with Gasteiger partial charge in [-0.25, -0.2) is 9.59 Å². The second kappa shape index (κ2) is 8.33. The van der Waals surface area contributed by atoms with E-state index in [9.17, 15) is 9.59 Å². The highest BCUT2D eigenvalue weighted by Crippen LogP contribution is 2.22. The van der Waals surface area contributed by atoms with Crippen LogP contribution in [-0.4, -0.2) is 52.8 Å². The highest BCUT2D eigenvalue weighted by Gasteiger charge is 2.19. The van der Waals surface area contributed by atoms with Crippen molar-refractivity contribution in [1.29, 1.82) is 0 Å². The zero-order chi connectivity index (χ0) is 15.9. The molecule has 7 heteroatoms. The highest BCUT2D eigenvalue weighted by atomic mass is 32.2. The predicted octanol–water partition coefficient (Wildman–Crippen LogP) is 1.83. The van der Waals surface area contributed by atoms with Crippen LogP contribution in [0.3, 0.4) is 0 Å². The Balaban J connectivity index is 2.04. The van der Waals surface area contributed by atoms with Crippen LogP contribution in [0.15, 0.2) is 9.82 Å². The van der Waals surface area contributed by atoms with E-state index in [1.807, 2.05) is 0 Å². The normalized spacial score (nSPS) is 15.7. The fraction of sp³-hybridized carbons (Fsp3) is 0.667. The van der Waals surface area contributed by atoms with Crippen LogP contribution >= 0.6 is 11.8 Å². The van der Waals surface area contributed by atoms with E-state index in [2.05, 4.69) is 14.9 Å². The van der Waals surface area contributed by atoms with Crippen molar-refractivity contribution in [2.75, 3.05) is 32.0 Å². The lowest BCUT2D eigenvalue weighted by molar-refractivity contribution is 0.0519. The first-order chi connectivity index (χ1) is 10.6. The van der Waals surface area contributed by atoms with Crippen molar-refractivity contribution in [3.05, 3.63) is 21.7 Å². The van der Waals surface area contributed by atoms with E-state index in [-0.39, 0.29) is 0 Å². The fourth-order valence-corrected chi connectivity index (χ4v) is 3.63. The smallest absolute Gasteiger partial charge is 0.346 e. The number of likely N-dealkylation sites (tertiary alicyclic amines) is 1. The fourth-order valence-electron chi connectivity index (χ4n) is 2.56. The summed E-state index contributed by atoms with van der Waals surface area (Å²) in [6.45, 7) is 6.97. The number of aromatic amines is 1. The molecule has 0 atom stereocenters. The molecule has 6 nitrogen and oxygen atoms in total. The maximum Gasteiger partial charge on any atom is 0.346 e. The Kier molecular flexibility index (Phi) is 6.45. The van der Waals surface area contributed by atoms with E-state index in [0.717, 1.165) is 25.4 Å². The molecule has 22 heavy (non-hydrogen) atoms. The molecule has 2 rings (SSSR count). The maximum absolute atomic E-state index is 12.1. The summed E-state index contributed by atoms with van der Waals surface area (Å²) in [4.78, 5) is 32.6. The van der Waals surface area contributed by atoms with Gasteiger partial charge in [0.15, 0.2) is 0 Å². The van der Waals surface area contributed by atoms with Gasteiger partial charge in [0.2, 0.25) is 0 Å². The summed E-state index contributed by atoms with van der Waals surface area (Å²) in [6, 6.07) is 0. The molecule has 122 valence electrons. The first-order valence-corrected chi connectivity index (χ1v) is 8.73. The summed E-state index contributed by atoms with van der Waals surface area (Å²) >= 11 is 1.45. The largest absolute Gasteiger partial charge is 0.462 e. The van der Waals surface area contributed by atoms with E-state index in [1.54, 1.807) is 13.8 Å². The number of H-pyrrole nitrogens is 1. The van der Waals surface area contributed by atoms with Crippen molar-refractivity contribution in [3.8, 4) is 0 Å². The average molecular weight is 325 g/mol. The molecule has 0 unspecified atom stereocenters. The van der Waals surface area contributed by atoms with Crippen LogP contribution in [0.5, 0.6) is 0 Å². The number of thioether (sulfide) groups is 1. The Bertz CT molecular complexity index is 568. The van der Waals surface area contributed by atoms with Crippen molar-refractivity contribution in [2.45, 2.75) is 38.1 Å². The van der Waals surface area contributed by atoms with Gasteiger partial charge in [-0.3, -0.25) is 0 Å². The van der Waals surface area contributed by atoms with Gasteiger partial charge in [0.05, 0.1) is 6.61 Å². The SMILES string of the molecule is CCOC(=O)c1c(SCCN2CCCCC2)nc(=O)[nH]c1C. The topological polar surface area (TPSA) is 75.3 Å². The van der Waals surface area contributed by atoms with Crippen LogP contribution in [-0.2, 0) is 4.74 Å². The van der Waals surface area contributed by atoms with Crippen molar-refractivity contribution in [1.82, 2.24) is 14.9 Å². The lowest BCUT2D eigenvalue weighted by Crippen LogP contribution is -2.31. The molecular formula is C15H23N3O3S. The molecule has 0 spiro atoms. The number of nitrogens with one attached hydrogen (secondary N) is 1. The number of hydrogen-bond donors (Lipinski definition) is 1. The van der Waals surface area contributed by atoms with Gasteiger partial charge in [-0.2, -0.15) is 4.98 Å². The number of aryl methyl sites for hydroxylation is 1. The Morgan fingerprint density at radius 1 is 1.36 bits per heavy atom. The molecule has 1 aromatic heterocycles. The van der Waals surface area contributed by atoms with E-state index in [1.165, 1.54) is 31.0 Å². The molecule has 1 fully saturated rings. The van der Waals surface area contributed by atoms with Crippen LogP contribution in [0.1, 0.15) is 42.2 Å². The second-order valence-corrected chi connectivity index (χ2v) is 6.40. The third-order valence-corrected chi connectivity index (χ3v) is 4.62. The van der Waals surface area contributed by atoms with E-state index in [4.69, 9.17) is 4.74 Å². The number of aromatic nitrogens is 2. The average Bonchev–Trinajstić information content (AvgIpc) is 2.48. The summed E-state index contributed by atoms with van der Waals surface area (Å²) in [6.07, 6.45) is 3.81.